The Morgan fingerprint density at radius 3 is 2.12 bits per heavy atom. The normalized spacial score (nSPS) is 18.8. The number of benzene rings is 1. The molecular weight excluding hydrogens is 314 g/mol. The minimum absolute atomic E-state index is 0.104. The van der Waals surface area contributed by atoms with Gasteiger partial charge in [0.15, 0.2) is 0 Å². The van der Waals surface area contributed by atoms with Gasteiger partial charge in [0.25, 0.3) is 0 Å². The van der Waals surface area contributed by atoms with E-state index in [2.05, 4.69) is 43.5 Å². The average Bonchev–Trinajstić information content (AvgIpc) is 3.39. The summed E-state index contributed by atoms with van der Waals surface area (Å²) in [6.07, 6.45) is 3.75. The van der Waals surface area contributed by atoms with Gasteiger partial charge in [0, 0.05) is 30.7 Å². The Morgan fingerprint density at radius 1 is 1.00 bits per heavy atom. The maximum Gasteiger partial charge on any atom is 0.319 e. The number of hydrogen-bond acceptors (Lipinski definition) is 2. The van der Waals surface area contributed by atoms with E-state index < -0.39 is 0 Å². The largest absolute Gasteiger partial charge is 0.342 e. The highest BCUT2D eigenvalue weighted by atomic mass is 16.2. The number of rotatable bonds is 3. The molecule has 0 bridgehead atoms. The van der Waals surface area contributed by atoms with E-state index in [1.54, 1.807) is 0 Å². The molecule has 2 fully saturated rings. The highest BCUT2D eigenvalue weighted by Gasteiger charge is 2.35. The van der Waals surface area contributed by atoms with Crippen LogP contribution < -0.4 is 10.6 Å². The van der Waals surface area contributed by atoms with E-state index >= 15 is 0 Å². The number of nitrogens with zero attached hydrogens (tertiary/aromatic N) is 1. The van der Waals surface area contributed by atoms with Gasteiger partial charge in [0.05, 0.1) is 0 Å². The van der Waals surface area contributed by atoms with Crippen LogP contribution in [0.4, 0.5) is 10.5 Å². The van der Waals surface area contributed by atoms with Crippen LogP contribution in [-0.2, 0) is 10.2 Å². The number of carbonyl (C=O) groups excluding carboxylic acids is 2. The van der Waals surface area contributed by atoms with Crippen LogP contribution in [0, 0.1) is 5.92 Å². The summed E-state index contributed by atoms with van der Waals surface area (Å²) in [6.45, 7) is 8.01. The van der Waals surface area contributed by atoms with E-state index in [4.69, 9.17) is 0 Å². The van der Waals surface area contributed by atoms with E-state index in [0.29, 0.717) is 5.91 Å². The number of hydrogen-bond donors (Lipinski definition) is 2. The lowest BCUT2D eigenvalue weighted by Gasteiger charge is -2.32. The Balaban J connectivity index is 1.44. The van der Waals surface area contributed by atoms with Gasteiger partial charge in [-0.25, -0.2) is 4.79 Å². The summed E-state index contributed by atoms with van der Waals surface area (Å²) in [6, 6.07) is 7.95. The lowest BCUT2D eigenvalue weighted by Crippen LogP contribution is -2.47. The molecule has 1 aliphatic carbocycles. The van der Waals surface area contributed by atoms with Crippen molar-refractivity contribution in [2.75, 3.05) is 18.4 Å². The zero-order valence-corrected chi connectivity index (χ0v) is 15.5. The Labute approximate surface area is 150 Å². The summed E-state index contributed by atoms with van der Waals surface area (Å²) < 4.78 is 0. The first-order valence-corrected chi connectivity index (χ1v) is 9.30. The molecule has 2 N–H and O–H groups in total. The van der Waals surface area contributed by atoms with Crippen LogP contribution in [0.15, 0.2) is 24.3 Å². The number of amides is 3. The number of piperidine rings is 1. The smallest absolute Gasteiger partial charge is 0.319 e. The van der Waals surface area contributed by atoms with Crippen molar-refractivity contribution in [3.63, 3.8) is 0 Å². The van der Waals surface area contributed by atoms with Gasteiger partial charge >= 0.3 is 6.03 Å². The summed E-state index contributed by atoms with van der Waals surface area (Å²) in [7, 11) is 0. The van der Waals surface area contributed by atoms with E-state index in [0.717, 1.165) is 44.5 Å². The summed E-state index contributed by atoms with van der Waals surface area (Å²) in [5.74, 6) is 0.589. The molecule has 1 saturated heterocycles. The monoisotopic (exact) mass is 343 g/mol. The number of nitrogens with one attached hydrogen (secondary N) is 2. The molecule has 136 valence electrons. The molecule has 3 rings (SSSR count). The van der Waals surface area contributed by atoms with Gasteiger partial charge in [-0.05, 0) is 48.8 Å². The summed E-state index contributed by atoms with van der Waals surface area (Å²) in [5.41, 5.74) is 2.14. The van der Waals surface area contributed by atoms with Crippen LogP contribution in [0.5, 0.6) is 0 Å². The Morgan fingerprint density at radius 2 is 1.60 bits per heavy atom. The first-order valence-electron chi connectivity index (χ1n) is 9.30. The van der Waals surface area contributed by atoms with Crippen LogP contribution in [0.3, 0.4) is 0 Å². The van der Waals surface area contributed by atoms with E-state index in [9.17, 15) is 9.59 Å². The SMILES string of the molecule is CC(C)(C)c1ccc(NC(=O)NC2CCN(C(=O)C3CC3)CC2)cc1. The van der Waals surface area contributed by atoms with Gasteiger partial charge in [-0.15, -0.1) is 0 Å². The van der Waals surface area contributed by atoms with Crippen molar-refractivity contribution in [3.8, 4) is 0 Å². The lowest BCUT2D eigenvalue weighted by atomic mass is 9.87. The van der Waals surface area contributed by atoms with Crippen molar-refractivity contribution in [2.45, 2.75) is 57.9 Å². The Hall–Kier alpha value is -2.04. The fraction of sp³-hybridized carbons (Fsp3) is 0.600. The molecule has 1 saturated carbocycles. The van der Waals surface area contributed by atoms with E-state index in [-0.39, 0.29) is 23.4 Å². The maximum atomic E-state index is 12.2. The van der Waals surface area contributed by atoms with Gasteiger partial charge in [-0.1, -0.05) is 32.9 Å². The van der Waals surface area contributed by atoms with Crippen molar-refractivity contribution in [1.29, 1.82) is 0 Å². The highest BCUT2D eigenvalue weighted by molar-refractivity contribution is 5.89. The third-order valence-corrected chi connectivity index (χ3v) is 5.08. The number of carbonyl (C=O) groups is 2. The fourth-order valence-corrected chi connectivity index (χ4v) is 3.24. The number of anilines is 1. The van der Waals surface area contributed by atoms with Crippen LogP contribution in [0.25, 0.3) is 0 Å². The Bertz CT molecular complexity index is 621. The topological polar surface area (TPSA) is 61.4 Å². The fourth-order valence-electron chi connectivity index (χ4n) is 3.24. The third-order valence-electron chi connectivity index (χ3n) is 5.08. The molecule has 1 aliphatic heterocycles. The zero-order valence-electron chi connectivity index (χ0n) is 15.5. The second-order valence-corrected chi connectivity index (χ2v) is 8.30. The van der Waals surface area contributed by atoms with Crippen LogP contribution in [0.1, 0.15) is 52.0 Å². The second kappa shape index (κ2) is 7.06. The zero-order chi connectivity index (χ0) is 18.0. The van der Waals surface area contributed by atoms with Crippen LogP contribution in [0.2, 0.25) is 0 Å². The minimum atomic E-state index is -0.171. The molecule has 3 amide bonds. The van der Waals surface area contributed by atoms with Crippen molar-refractivity contribution >= 4 is 17.6 Å². The maximum absolute atomic E-state index is 12.2. The molecule has 0 spiro atoms. The quantitative estimate of drug-likeness (QED) is 0.882. The van der Waals surface area contributed by atoms with Gasteiger partial charge in [-0.2, -0.15) is 0 Å². The first-order chi connectivity index (χ1) is 11.8. The Kier molecular flexibility index (Phi) is 5.02. The first kappa shape index (κ1) is 17.8. The number of urea groups is 1. The molecule has 2 aliphatic rings. The lowest BCUT2D eigenvalue weighted by molar-refractivity contribution is -0.133. The molecule has 1 aromatic carbocycles. The molecular formula is C20H29N3O2. The summed E-state index contributed by atoms with van der Waals surface area (Å²) in [4.78, 5) is 26.2. The predicted octanol–water partition coefficient (Wildman–Crippen LogP) is 3.51. The predicted molar refractivity (Wildman–Crippen MR) is 99.6 cm³/mol. The minimum Gasteiger partial charge on any atom is -0.342 e. The van der Waals surface area contributed by atoms with E-state index in [1.807, 2.05) is 17.0 Å². The van der Waals surface area contributed by atoms with Gasteiger partial charge in [-0.3, -0.25) is 4.79 Å². The molecule has 0 aromatic heterocycles. The standard InChI is InChI=1S/C20H29N3O2/c1-20(2,3)15-6-8-16(9-7-15)21-19(25)22-17-10-12-23(13-11-17)18(24)14-4-5-14/h6-9,14,17H,4-5,10-13H2,1-3H3,(H2,21,22,25). The summed E-state index contributed by atoms with van der Waals surface area (Å²) >= 11 is 0. The molecule has 0 unspecified atom stereocenters. The van der Waals surface area contributed by atoms with Crippen molar-refractivity contribution in [2.24, 2.45) is 5.92 Å². The average molecular weight is 343 g/mol. The van der Waals surface area contributed by atoms with Crippen LogP contribution in [-0.4, -0.2) is 36.0 Å². The van der Waals surface area contributed by atoms with Gasteiger partial charge in [0.2, 0.25) is 5.91 Å². The summed E-state index contributed by atoms with van der Waals surface area (Å²) in [5, 5.41) is 5.93. The molecule has 1 heterocycles. The number of likely N-dealkylation sites (tertiary alicyclic amines) is 1. The molecule has 25 heavy (non-hydrogen) atoms. The molecule has 0 atom stereocenters. The van der Waals surface area contributed by atoms with Gasteiger partial charge < -0.3 is 15.5 Å². The van der Waals surface area contributed by atoms with Crippen LogP contribution >= 0.6 is 0 Å². The van der Waals surface area contributed by atoms with Gasteiger partial charge in [0.1, 0.15) is 0 Å². The van der Waals surface area contributed by atoms with Crippen molar-refractivity contribution < 1.29 is 9.59 Å². The molecule has 0 radical (unpaired) electrons. The second-order valence-electron chi connectivity index (χ2n) is 8.30. The highest BCUT2D eigenvalue weighted by Crippen LogP contribution is 2.32. The molecule has 1 aromatic rings. The van der Waals surface area contributed by atoms with Crippen molar-refractivity contribution in [3.05, 3.63) is 29.8 Å². The third kappa shape index (κ3) is 4.74. The molecule has 5 nitrogen and oxygen atoms in total. The van der Waals surface area contributed by atoms with Crippen molar-refractivity contribution in [1.82, 2.24) is 10.2 Å². The molecule has 5 heteroatoms. The van der Waals surface area contributed by atoms with E-state index in [1.165, 1.54) is 5.56 Å².